The second-order valence-corrected chi connectivity index (χ2v) is 6.11. The lowest BCUT2D eigenvalue weighted by atomic mass is 9.60. The highest BCUT2D eigenvalue weighted by Crippen LogP contribution is 2.46. The molecule has 1 aromatic rings. The molecule has 1 aliphatic rings. The Morgan fingerprint density at radius 1 is 1.22 bits per heavy atom. The average molecular weight is 247 g/mol. The number of hydrogen-bond acceptors (Lipinski definition) is 2. The maximum Gasteiger partial charge on any atom is 0.0591 e. The minimum Gasteiger partial charge on any atom is -0.379 e. The van der Waals surface area contributed by atoms with Gasteiger partial charge in [-0.05, 0) is 29.5 Å². The Labute approximate surface area is 111 Å². The summed E-state index contributed by atoms with van der Waals surface area (Å²) in [6.45, 7) is 8.99. The van der Waals surface area contributed by atoms with E-state index in [4.69, 9.17) is 10.5 Å². The van der Waals surface area contributed by atoms with Crippen molar-refractivity contribution in [3.63, 3.8) is 0 Å². The van der Waals surface area contributed by atoms with E-state index in [1.807, 2.05) is 0 Å². The average Bonchev–Trinajstić information content (AvgIpc) is 2.30. The van der Waals surface area contributed by atoms with Crippen LogP contribution in [0.3, 0.4) is 0 Å². The summed E-state index contributed by atoms with van der Waals surface area (Å²) in [5, 5.41) is 0. The van der Waals surface area contributed by atoms with Crippen molar-refractivity contribution < 1.29 is 4.74 Å². The third-order valence-corrected chi connectivity index (χ3v) is 4.55. The van der Waals surface area contributed by atoms with Gasteiger partial charge in [-0.25, -0.2) is 0 Å². The summed E-state index contributed by atoms with van der Waals surface area (Å²) in [6.07, 6.45) is 2.35. The summed E-state index contributed by atoms with van der Waals surface area (Å²) in [7, 11) is 0. The van der Waals surface area contributed by atoms with Crippen molar-refractivity contribution in [1.82, 2.24) is 0 Å². The van der Waals surface area contributed by atoms with Gasteiger partial charge < -0.3 is 10.5 Å². The number of hydrogen-bond donors (Lipinski definition) is 1. The lowest BCUT2D eigenvalue weighted by Gasteiger charge is -2.52. The monoisotopic (exact) mass is 247 g/mol. The van der Waals surface area contributed by atoms with E-state index >= 15 is 0 Å². The van der Waals surface area contributed by atoms with Gasteiger partial charge in [0, 0.05) is 5.41 Å². The molecule has 0 aromatic heterocycles. The summed E-state index contributed by atoms with van der Waals surface area (Å²) in [6, 6.07) is 9.05. The smallest absolute Gasteiger partial charge is 0.0591 e. The van der Waals surface area contributed by atoms with E-state index in [1.165, 1.54) is 17.5 Å². The van der Waals surface area contributed by atoms with E-state index in [0.29, 0.717) is 6.54 Å². The fourth-order valence-corrected chi connectivity index (χ4v) is 2.73. The lowest BCUT2D eigenvalue weighted by molar-refractivity contribution is -0.116. The minimum absolute atomic E-state index is 0.0809. The Bertz CT molecular complexity index is 390. The highest BCUT2D eigenvalue weighted by molar-refractivity contribution is 5.34. The number of nitrogens with two attached hydrogens (primary N) is 1. The predicted octanol–water partition coefficient (Wildman–Crippen LogP) is 2.89. The highest BCUT2D eigenvalue weighted by Gasteiger charge is 2.51. The first-order valence-electron chi connectivity index (χ1n) is 6.93. The van der Waals surface area contributed by atoms with Crippen molar-refractivity contribution in [2.24, 2.45) is 11.1 Å². The number of benzene rings is 1. The Morgan fingerprint density at radius 3 is 2.22 bits per heavy atom. The second-order valence-electron chi connectivity index (χ2n) is 6.11. The van der Waals surface area contributed by atoms with Crippen molar-refractivity contribution in [3.05, 3.63) is 35.4 Å². The topological polar surface area (TPSA) is 35.2 Å². The van der Waals surface area contributed by atoms with Gasteiger partial charge in [0.1, 0.15) is 0 Å². The zero-order valence-electron chi connectivity index (χ0n) is 11.8. The van der Waals surface area contributed by atoms with Crippen LogP contribution in [0.1, 0.15) is 38.3 Å². The number of aryl methyl sites for hydroxylation is 1. The van der Waals surface area contributed by atoms with Crippen molar-refractivity contribution in [2.75, 3.05) is 19.8 Å². The van der Waals surface area contributed by atoms with Crippen LogP contribution in [-0.2, 0) is 16.6 Å². The number of ether oxygens (including phenoxy) is 1. The molecule has 0 aliphatic carbocycles. The molecule has 0 amide bonds. The molecule has 18 heavy (non-hydrogen) atoms. The SMILES string of the molecule is CCCc1ccc(C2(C(C)(C)CN)COC2)cc1. The molecule has 1 fully saturated rings. The van der Waals surface area contributed by atoms with E-state index in [1.54, 1.807) is 0 Å². The van der Waals surface area contributed by atoms with Gasteiger partial charge in [-0.3, -0.25) is 0 Å². The fraction of sp³-hybridized carbons (Fsp3) is 0.625. The lowest BCUT2D eigenvalue weighted by Crippen LogP contribution is -2.59. The normalized spacial score (nSPS) is 18.4. The molecule has 0 spiro atoms. The van der Waals surface area contributed by atoms with Gasteiger partial charge >= 0.3 is 0 Å². The van der Waals surface area contributed by atoms with Crippen LogP contribution >= 0.6 is 0 Å². The number of rotatable bonds is 5. The van der Waals surface area contributed by atoms with Crippen LogP contribution in [0.5, 0.6) is 0 Å². The summed E-state index contributed by atoms with van der Waals surface area (Å²) < 4.78 is 5.50. The van der Waals surface area contributed by atoms with Crippen LogP contribution in [0.4, 0.5) is 0 Å². The second kappa shape index (κ2) is 5.02. The molecule has 1 aromatic carbocycles. The molecule has 1 aliphatic heterocycles. The zero-order chi connectivity index (χ0) is 13.2. The molecular formula is C16H25NO. The summed E-state index contributed by atoms with van der Waals surface area (Å²) in [5.74, 6) is 0. The summed E-state index contributed by atoms with van der Waals surface area (Å²) in [4.78, 5) is 0. The molecular weight excluding hydrogens is 222 g/mol. The van der Waals surface area contributed by atoms with Crippen LogP contribution in [-0.4, -0.2) is 19.8 Å². The third-order valence-electron chi connectivity index (χ3n) is 4.55. The van der Waals surface area contributed by atoms with Crippen LogP contribution < -0.4 is 5.73 Å². The fourth-order valence-electron chi connectivity index (χ4n) is 2.73. The van der Waals surface area contributed by atoms with Gasteiger partial charge in [0.25, 0.3) is 0 Å². The molecule has 0 bridgehead atoms. The maximum atomic E-state index is 5.96. The summed E-state index contributed by atoms with van der Waals surface area (Å²) in [5.41, 5.74) is 8.94. The van der Waals surface area contributed by atoms with E-state index in [2.05, 4.69) is 45.0 Å². The quantitative estimate of drug-likeness (QED) is 0.868. The van der Waals surface area contributed by atoms with Gasteiger partial charge in [-0.2, -0.15) is 0 Å². The van der Waals surface area contributed by atoms with E-state index in [-0.39, 0.29) is 10.8 Å². The first-order chi connectivity index (χ1) is 8.55. The van der Waals surface area contributed by atoms with Crippen LogP contribution in [0.25, 0.3) is 0 Å². The molecule has 2 N–H and O–H groups in total. The Hall–Kier alpha value is -0.860. The van der Waals surface area contributed by atoms with Crippen molar-refractivity contribution in [3.8, 4) is 0 Å². The van der Waals surface area contributed by atoms with Crippen molar-refractivity contribution >= 4 is 0 Å². The van der Waals surface area contributed by atoms with Gasteiger partial charge in [-0.15, -0.1) is 0 Å². The Kier molecular flexibility index (Phi) is 3.79. The Balaban J connectivity index is 2.28. The molecule has 2 heteroatoms. The van der Waals surface area contributed by atoms with Crippen molar-refractivity contribution in [2.45, 2.75) is 39.0 Å². The molecule has 0 saturated carbocycles. The standard InChI is InChI=1S/C16H25NO/c1-4-5-13-6-8-14(9-7-13)16(11-18-12-16)15(2,3)10-17/h6-9H,4-5,10-12,17H2,1-3H3. The largest absolute Gasteiger partial charge is 0.379 e. The first kappa shape index (κ1) is 13.6. The molecule has 2 nitrogen and oxygen atoms in total. The molecule has 100 valence electrons. The third kappa shape index (κ3) is 2.08. The highest BCUT2D eigenvalue weighted by atomic mass is 16.5. The molecule has 0 unspecified atom stereocenters. The van der Waals surface area contributed by atoms with E-state index in [0.717, 1.165) is 19.6 Å². The van der Waals surface area contributed by atoms with Crippen molar-refractivity contribution in [1.29, 1.82) is 0 Å². The van der Waals surface area contributed by atoms with Crippen LogP contribution in [0.2, 0.25) is 0 Å². The molecule has 0 atom stereocenters. The molecule has 1 saturated heterocycles. The minimum atomic E-state index is 0.0809. The van der Waals surface area contributed by atoms with Gasteiger partial charge in [0.15, 0.2) is 0 Å². The molecule has 2 rings (SSSR count). The summed E-state index contributed by atoms with van der Waals surface area (Å²) >= 11 is 0. The maximum absolute atomic E-state index is 5.96. The van der Waals surface area contributed by atoms with E-state index < -0.39 is 0 Å². The van der Waals surface area contributed by atoms with Gasteiger partial charge in [0.2, 0.25) is 0 Å². The van der Waals surface area contributed by atoms with E-state index in [9.17, 15) is 0 Å². The van der Waals surface area contributed by atoms with Crippen LogP contribution in [0, 0.1) is 5.41 Å². The van der Waals surface area contributed by atoms with Gasteiger partial charge in [-0.1, -0.05) is 51.5 Å². The molecule has 1 heterocycles. The van der Waals surface area contributed by atoms with Crippen LogP contribution in [0.15, 0.2) is 24.3 Å². The predicted molar refractivity (Wildman–Crippen MR) is 75.8 cm³/mol. The first-order valence-corrected chi connectivity index (χ1v) is 6.93. The molecule has 0 radical (unpaired) electrons. The zero-order valence-corrected chi connectivity index (χ0v) is 11.8. The van der Waals surface area contributed by atoms with Gasteiger partial charge in [0.05, 0.1) is 13.2 Å². The Morgan fingerprint density at radius 2 is 1.83 bits per heavy atom.